The maximum atomic E-state index is 12.3. The van der Waals surface area contributed by atoms with Crippen LogP contribution in [0.2, 0.25) is 0 Å². The average Bonchev–Trinajstić information content (AvgIpc) is 2.77. The second kappa shape index (κ2) is 4.65. The van der Waals surface area contributed by atoms with E-state index in [1.807, 2.05) is 0 Å². The minimum atomic E-state index is -4.77. The topological polar surface area (TPSA) is 63.8 Å². The van der Waals surface area contributed by atoms with E-state index in [0.717, 1.165) is 15.4 Å². The van der Waals surface area contributed by atoms with Gasteiger partial charge in [0.25, 0.3) is 0 Å². The maximum Gasteiger partial charge on any atom is 0.420 e. The molecule has 0 aliphatic heterocycles. The quantitative estimate of drug-likeness (QED) is 0.918. The zero-order valence-corrected chi connectivity index (χ0v) is 10.2. The molecule has 0 amide bonds. The van der Waals surface area contributed by atoms with E-state index in [1.165, 1.54) is 6.20 Å². The van der Waals surface area contributed by atoms with Crippen LogP contribution in [0.3, 0.4) is 0 Å². The van der Waals surface area contributed by atoms with Crippen molar-refractivity contribution in [3.63, 3.8) is 0 Å². The second-order valence-corrected chi connectivity index (χ2v) is 4.28. The van der Waals surface area contributed by atoms with Gasteiger partial charge in [0.05, 0.1) is 6.20 Å². The number of pyridine rings is 1. The summed E-state index contributed by atoms with van der Waals surface area (Å²) < 4.78 is 38.5. The molecule has 0 aromatic carbocycles. The standard InChI is InChI=1S/C9H6BrF3N4O/c10-5-1-2-7(14-3-5)17-4-6(15-16-17)8(18)9(11,12)13/h1-4,8,18H. The number of rotatable bonds is 2. The molecule has 2 rings (SSSR count). The van der Waals surface area contributed by atoms with Crippen LogP contribution < -0.4 is 0 Å². The predicted molar refractivity (Wildman–Crippen MR) is 57.9 cm³/mol. The summed E-state index contributed by atoms with van der Waals surface area (Å²) in [5.41, 5.74) is -0.577. The van der Waals surface area contributed by atoms with Crippen LogP contribution in [0.15, 0.2) is 29.0 Å². The zero-order chi connectivity index (χ0) is 13.3. The molecule has 0 radical (unpaired) electrons. The molecule has 2 heterocycles. The highest BCUT2D eigenvalue weighted by molar-refractivity contribution is 9.10. The summed E-state index contributed by atoms with van der Waals surface area (Å²) in [6.07, 6.45) is -4.97. The number of aliphatic hydroxyl groups excluding tert-OH is 1. The fraction of sp³-hybridized carbons (Fsp3) is 0.222. The van der Waals surface area contributed by atoms with Gasteiger partial charge in [0.2, 0.25) is 0 Å². The summed E-state index contributed by atoms with van der Waals surface area (Å²) in [7, 11) is 0. The molecule has 0 aliphatic rings. The van der Waals surface area contributed by atoms with Gasteiger partial charge in [-0.3, -0.25) is 0 Å². The Morgan fingerprint density at radius 1 is 1.33 bits per heavy atom. The molecule has 0 saturated heterocycles. The number of aromatic nitrogens is 4. The maximum absolute atomic E-state index is 12.3. The van der Waals surface area contributed by atoms with E-state index in [-0.39, 0.29) is 0 Å². The Kier molecular flexibility index (Phi) is 3.35. The molecule has 18 heavy (non-hydrogen) atoms. The van der Waals surface area contributed by atoms with E-state index in [2.05, 4.69) is 31.2 Å². The van der Waals surface area contributed by atoms with Crippen LogP contribution >= 0.6 is 15.9 Å². The van der Waals surface area contributed by atoms with Crippen LogP contribution in [0.25, 0.3) is 5.82 Å². The van der Waals surface area contributed by atoms with Crippen molar-refractivity contribution in [1.82, 2.24) is 20.0 Å². The molecule has 0 spiro atoms. The van der Waals surface area contributed by atoms with Crippen molar-refractivity contribution in [2.75, 3.05) is 0 Å². The highest BCUT2D eigenvalue weighted by Gasteiger charge is 2.41. The smallest absolute Gasteiger partial charge is 0.378 e. The van der Waals surface area contributed by atoms with Crippen molar-refractivity contribution >= 4 is 15.9 Å². The van der Waals surface area contributed by atoms with E-state index < -0.39 is 18.0 Å². The summed E-state index contributed by atoms with van der Waals surface area (Å²) in [6.45, 7) is 0. The first-order chi connectivity index (χ1) is 8.38. The molecule has 0 bridgehead atoms. The number of halogens is 4. The SMILES string of the molecule is OC(c1cn(-c2ccc(Br)cn2)nn1)C(F)(F)F. The van der Waals surface area contributed by atoms with Gasteiger partial charge in [-0.25, -0.2) is 9.67 Å². The first-order valence-corrected chi connectivity index (χ1v) is 5.46. The Balaban J connectivity index is 2.28. The van der Waals surface area contributed by atoms with Gasteiger partial charge in [0.1, 0.15) is 5.69 Å². The molecule has 1 N–H and O–H groups in total. The second-order valence-electron chi connectivity index (χ2n) is 3.37. The number of aliphatic hydroxyl groups is 1. The van der Waals surface area contributed by atoms with Gasteiger partial charge in [-0.15, -0.1) is 5.10 Å². The molecule has 96 valence electrons. The molecule has 0 saturated carbocycles. The monoisotopic (exact) mass is 322 g/mol. The molecule has 2 aromatic heterocycles. The molecule has 1 atom stereocenters. The Morgan fingerprint density at radius 3 is 2.61 bits per heavy atom. The lowest BCUT2D eigenvalue weighted by Gasteiger charge is -2.10. The summed E-state index contributed by atoms with van der Waals surface area (Å²) in [4.78, 5) is 3.93. The normalized spacial score (nSPS) is 13.6. The van der Waals surface area contributed by atoms with Crippen LogP contribution in [0, 0.1) is 0 Å². The lowest BCUT2D eigenvalue weighted by Crippen LogP contribution is -2.20. The van der Waals surface area contributed by atoms with Crippen LogP contribution in [-0.2, 0) is 0 Å². The molecule has 0 aliphatic carbocycles. The molecular formula is C9H6BrF3N4O. The van der Waals surface area contributed by atoms with Gasteiger partial charge >= 0.3 is 6.18 Å². The first kappa shape index (κ1) is 13.0. The van der Waals surface area contributed by atoms with Crippen molar-refractivity contribution in [2.45, 2.75) is 12.3 Å². The largest absolute Gasteiger partial charge is 0.420 e. The Hall–Kier alpha value is -1.48. The Morgan fingerprint density at radius 2 is 2.06 bits per heavy atom. The fourth-order valence-electron chi connectivity index (χ4n) is 1.19. The summed E-state index contributed by atoms with van der Waals surface area (Å²) in [6, 6.07) is 3.20. The van der Waals surface area contributed by atoms with Crippen molar-refractivity contribution in [3.05, 3.63) is 34.7 Å². The van der Waals surface area contributed by atoms with Crippen LogP contribution in [0.1, 0.15) is 11.8 Å². The van der Waals surface area contributed by atoms with Crippen molar-refractivity contribution in [2.24, 2.45) is 0 Å². The molecular weight excluding hydrogens is 317 g/mol. The van der Waals surface area contributed by atoms with Gasteiger partial charge in [-0.1, -0.05) is 5.21 Å². The lowest BCUT2D eigenvalue weighted by molar-refractivity contribution is -0.208. The third-order valence-electron chi connectivity index (χ3n) is 2.05. The lowest BCUT2D eigenvalue weighted by atomic mass is 10.3. The van der Waals surface area contributed by atoms with Gasteiger partial charge < -0.3 is 5.11 Å². The van der Waals surface area contributed by atoms with Gasteiger partial charge in [-0.2, -0.15) is 13.2 Å². The molecule has 1 unspecified atom stereocenters. The number of hydrogen-bond donors (Lipinski definition) is 1. The third kappa shape index (κ3) is 2.67. The summed E-state index contributed by atoms with van der Waals surface area (Å²) >= 11 is 3.18. The van der Waals surface area contributed by atoms with E-state index in [9.17, 15) is 13.2 Å². The van der Waals surface area contributed by atoms with Crippen molar-refractivity contribution < 1.29 is 18.3 Å². The van der Waals surface area contributed by atoms with Gasteiger partial charge in [0, 0.05) is 10.7 Å². The van der Waals surface area contributed by atoms with E-state index in [0.29, 0.717) is 5.82 Å². The number of alkyl halides is 3. The zero-order valence-electron chi connectivity index (χ0n) is 8.63. The minimum absolute atomic E-state index is 0.298. The van der Waals surface area contributed by atoms with Crippen molar-refractivity contribution in [1.29, 1.82) is 0 Å². The Bertz CT molecular complexity index is 539. The third-order valence-corrected chi connectivity index (χ3v) is 2.52. The van der Waals surface area contributed by atoms with Crippen LogP contribution in [0.4, 0.5) is 13.2 Å². The highest BCUT2D eigenvalue weighted by Crippen LogP contribution is 2.31. The molecule has 2 aromatic rings. The van der Waals surface area contributed by atoms with E-state index >= 15 is 0 Å². The van der Waals surface area contributed by atoms with Crippen LogP contribution in [-0.4, -0.2) is 31.3 Å². The average molecular weight is 323 g/mol. The highest BCUT2D eigenvalue weighted by atomic mass is 79.9. The number of hydrogen-bond acceptors (Lipinski definition) is 4. The summed E-state index contributed by atoms with van der Waals surface area (Å²) in [5, 5.41) is 15.7. The first-order valence-electron chi connectivity index (χ1n) is 4.67. The van der Waals surface area contributed by atoms with Crippen molar-refractivity contribution in [3.8, 4) is 5.82 Å². The minimum Gasteiger partial charge on any atom is -0.378 e. The number of nitrogens with zero attached hydrogens (tertiary/aromatic N) is 4. The Labute approximate surface area is 107 Å². The van der Waals surface area contributed by atoms with Gasteiger partial charge in [-0.05, 0) is 28.1 Å². The van der Waals surface area contributed by atoms with Gasteiger partial charge in [0.15, 0.2) is 11.9 Å². The molecule has 5 nitrogen and oxygen atoms in total. The fourth-order valence-corrected chi connectivity index (χ4v) is 1.42. The molecule has 0 fully saturated rings. The van der Waals surface area contributed by atoms with E-state index in [1.54, 1.807) is 12.1 Å². The predicted octanol–water partition coefficient (Wildman–Crippen LogP) is 2.02. The van der Waals surface area contributed by atoms with E-state index in [4.69, 9.17) is 5.11 Å². The van der Waals surface area contributed by atoms with Crippen LogP contribution in [0.5, 0.6) is 0 Å². The summed E-state index contributed by atoms with van der Waals surface area (Å²) in [5.74, 6) is 0.298. The molecule has 9 heteroatoms.